The summed E-state index contributed by atoms with van der Waals surface area (Å²) in [7, 11) is 1.60. The van der Waals surface area contributed by atoms with Gasteiger partial charge < -0.3 is 4.74 Å². The van der Waals surface area contributed by atoms with Gasteiger partial charge in [0.05, 0.1) is 7.11 Å². The second-order valence-electron chi connectivity index (χ2n) is 4.22. The quantitative estimate of drug-likeness (QED) is 0.784. The number of ether oxygens (including phenoxy) is 1. The third kappa shape index (κ3) is 3.67. The molecule has 1 heterocycles. The molecule has 0 aliphatic carbocycles. The summed E-state index contributed by atoms with van der Waals surface area (Å²) >= 11 is 9.67. The Hall–Kier alpha value is -1.13. The van der Waals surface area contributed by atoms with Crippen molar-refractivity contribution in [1.82, 2.24) is 9.97 Å². The van der Waals surface area contributed by atoms with Gasteiger partial charge in [0.15, 0.2) is 0 Å². The molecule has 19 heavy (non-hydrogen) atoms. The molecule has 0 fully saturated rings. The smallest absolute Gasteiger partial charge is 0.216 e. The fraction of sp³-hybridized carbons (Fsp3) is 0.286. The Bertz CT molecular complexity index is 577. The van der Waals surface area contributed by atoms with Gasteiger partial charge in [0.1, 0.15) is 6.33 Å². The average molecular weight is 342 g/mol. The molecule has 0 N–H and O–H groups in total. The van der Waals surface area contributed by atoms with E-state index in [9.17, 15) is 0 Å². The van der Waals surface area contributed by atoms with Gasteiger partial charge in [-0.3, -0.25) is 0 Å². The lowest BCUT2D eigenvalue weighted by molar-refractivity contribution is 0.396. The van der Waals surface area contributed by atoms with Crippen LogP contribution in [0.15, 0.2) is 30.6 Å². The van der Waals surface area contributed by atoms with Crippen LogP contribution in [0, 0.1) is 6.92 Å². The fourth-order valence-corrected chi connectivity index (χ4v) is 2.96. The van der Waals surface area contributed by atoms with E-state index in [1.54, 1.807) is 7.11 Å². The first-order valence-corrected chi connectivity index (χ1v) is 7.14. The number of aromatic nitrogens is 2. The molecule has 0 saturated carbocycles. The first-order valence-electron chi connectivity index (χ1n) is 5.85. The number of halogens is 2. The highest BCUT2D eigenvalue weighted by Gasteiger charge is 2.13. The van der Waals surface area contributed by atoms with Crippen molar-refractivity contribution in [2.45, 2.75) is 18.2 Å². The Balaban J connectivity index is 2.17. The standard InChI is InChI=1S/C14H14BrClN2O/c1-9-5-10(16)3-4-12(9)13(15)6-11-7-14(19-2)18-8-17-11/h3-5,7-8,13H,6H2,1-2H3. The van der Waals surface area contributed by atoms with Gasteiger partial charge in [0, 0.05) is 28.0 Å². The van der Waals surface area contributed by atoms with Crippen molar-refractivity contribution >= 4 is 27.5 Å². The highest BCUT2D eigenvalue weighted by molar-refractivity contribution is 9.09. The Morgan fingerprint density at radius 2 is 2.11 bits per heavy atom. The predicted octanol–water partition coefficient (Wildman–Crippen LogP) is 4.13. The Morgan fingerprint density at radius 1 is 1.32 bits per heavy atom. The molecule has 0 bridgehead atoms. The van der Waals surface area contributed by atoms with Crippen LogP contribution in [-0.2, 0) is 6.42 Å². The van der Waals surface area contributed by atoms with Crippen molar-refractivity contribution in [1.29, 1.82) is 0 Å². The maximum absolute atomic E-state index is 5.97. The molecule has 0 amide bonds. The average Bonchev–Trinajstić information content (AvgIpc) is 2.38. The van der Waals surface area contributed by atoms with Crippen molar-refractivity contribution in [3.05, 3.63) is 52.4 Å². The molecule has 0 aliphatic heterocycles. The number of benzene rings is 1. The Kier molecular flexibility index (Phi) is 4.77. The molecule has 0 aliphatic rings. The highest BCUT2D eigenvalue weighted by Crippen LogP contribution is 2.30. The van der Waals surface area contributed by atoms with Crippen LogP contribution < -0.4 is 4.74 Å². The van der Waals surface area contributed by atoms with Crippen molar-refractivity contribution in [2.24, 2.45) is 0 Å². The summed E-state index contributed by atoms with van der Waals surface area (Å²) in [4.78, 5) is 8.44. The van der Waals surface area contributed by atoms with E-state index in [1.165, 1.54) is 11.9 Å². The van der Waals surface area contributed by atoms with Gasteiger partial charge in [-0.15, -0.1) is 0 Å². The molecule has 0 spiro atoms. The third-order valence-corrected chi connectivity index (χ3v) is 3.92. The molecule has 0 saturated heterocycles. The normalized spacial score (nSPS) is 12.2. The Morgan fingerprint density at radius 3 is 2.79 bits per heavy atom. The van der Waals surface area contributed by atoms with Gasteiger partial charge >= 0.3 is 0 Å². The molecular weight excluding hydrogens is 328 g/mol. The molecular formula is C14H14BrClN2O. The zero-order valence-electron chi connectivity index (χ0n) is 10.7. The minimum atomic E-state index is 0.185. The van der Waals surface area contributed by atoms with E-state index >= 15 is 0 Å². The van der Waals surface area contributed by atoms with Crippen LogP contribution in [0.2, 0.25) is 5.02 Å². The monoisotopic (exact) mass is 340 g/mol. The number of methoxy groups -OCH3 is 1. The minimum Gasteiger partial charge on any atom is -0.481 e. The SMILES string of the molecule is COc1cc(CC(Br)c2ccc(Cl)cc2C)ncn1. The molecule has 0 radical (unpaired) electrons. The lowest BCUT2D eigenvalue weighted by atomic mass is 10.0. The maximum Gasteiger partial charge on any atom is 0.216 e. The van der Waals surface area contributed by atoms with Gasteiger partial charge in [-0.25, -0.2) is 9.97 Å². The van der Waals surface area contributed by atoms with Crippen LogP contribution in [0.1, 0.15) is 21.6 Å². The fourth-order valence-electron chi connectivity index (χ4n) is 1.88. The van der Waals surface area contributed by atoms with Crippen LogP contribution in [0.4, 0.5) is 0 Å². The van der Waals surface area contributed by atoms with Gasteiger partial charge in [-0.1, -0.05) is 33.6 Å². The molecule has 5 heteroatoms. The van der Waals surface area contributed by atoms with Crippen molar-refractivity contribution in [2.75, 3.05) is 7.11 Å². The lowest BCUT2D eigenvalue weighted by Crippen LogP contribution is -2.01. The summed E-state index contributed by atoms with van der Waals surface area (Å²) in [5.74, 6) is 0.581. The second kappa shape index (κ2) is 6.35. The van der Waals surface area contributed by atoms with Gasteiger partial charge in [-0.2, -0.15) is 0 Å². The van der Waals surface area contributed by atoms with E-state index in [0.29, 0.717) is 5.88 Å². The van der Waals surface area contributed by atoms with E-state index in [1.807, 2.05) is 24.3 Å². The number of nitrogens with zero attached hydrogens (tertiary/aromatic N) is 2. The summed E-state index contributed by atoms with van der Waals surface area (Å²) in [5, 5.41) is 0.754. The number of hydrogen-bond donors (Lipinski definition) is 0. The van der Waals surface area contributed by atoms with Crippen LogP contribution in [0.25, 0.3) is 0 Å². The minimum absolute atomic E-state index is 0.185. The third-order valence-electron chi connectivity index (χ3n) is 2.87. The number of aryl methyl sites for hydroxylation is 1. The molecule has 2 rings (SSSR count). The first-order chi connectivity index (χ1) is 9.10. The molecule has 1 unspecified atom stereocenters. The van der Waals surface area contributed by atoms with Crippen LogP contribution >= 0.6 is 27.5 Å². The molecule has 100 valence electrons. The molecule has 1 aromatic carbocycles. The number of rotatable bonds is 4. The zero-order chi connectivity index (χ0) is 13.8. The van der Waals surface area contributed by atoms with Gasteiger partial charge in [-0.05, 0) is 30.2 Å². The van der Waals surface area contributed by atoms with Crippen molar-refractivity contribution in [3.8, 4) is 5.88 Å². The number of alkyl halides is 1. The molecule has 1 aromatic heterocycles. The summed E-state index contributed by atoms with van der Waals surface area (Å²) in [5.41, 5.74) is 3.31. The predicted molar refractivity (Wildman–Crippen MR) is 80.1 cm³/mol. The molecule has 3 nitrogen and oxygen atoms in total. The van der Waals surface area contributed by atoms with Crippen LogP contribution in [0.3, 0.4) is 0 Å². The second-order valence-corrected chi connectivity index (χ2v) is 5.77. The van der Waals surface area contributed by atoms with E-state index in [2.05, 4.69) is 32.8 Å². The van der Waals surface area contributed by atoms with Gasteiger partial charge in [0.25, 0.3) is 0 Å². The summed E-state index contributed by atoms with van der Waals surface area (Å²) in [6.45, 7) is 2.05. The van der Waals surface area contributed by atoms with E-state index in [-0.39, 0.29) is 4.83 Å². The van der Waals surface area contributed by atoms with Crippen LogP contribution in [0.5, 0.6) is 5.88 Å². The topological polar surface area (TPSA) is 35.0 Å². The Labute approximate surface area is 126 Å². The van der Waals surface area contributed by atoms with E-state index < -0.39 is 0 Å². The maximum atomic E-state index is 5.97. The van der Waals surface area contributed by atoms with E-state index in [4.69, 9.17) is 16.3 Å². The number of hydrogen-bond acceptors (Lipinski definition) is 3. The van der Waals surface area contributed by atoms with Crippen molar-refractivity contribution < 1.29 is 4.74 Å². The largest absolute Gasteiger partial charge is 0.481 e. The summed E-state index contributed by atoms with van der Waals surface area (Å²) < 4.78 is 5.10. The van der Waals surface area contributed by atoms with Gasteiger partial charge in [0.2, 0.25) is 5.88 Å². The van der Waals surface area contributed by atoms with E-state index in [0.717, 1.165) is 22.7 Å². The first kappa shape index (κ1) is 14.3. The zero-order valence-corrected chi connectivity index (χ0v) is 13.1. The summed E-state index contributed by atoms with van der Waals surface area (Å²) in [6, 6.07) is 7.75. The van der Waals surface area contributed by atoms with Crippen LogP contribution in [-0.4, -0.2) is 17.1 Å². The molecule has 2 aromatic rings. The highest BCUT2D eigenvalue weighted by atomic mass is 79.9. The van der Waals surface area contributed by atoms with Crippen molar-refractivity contribution in [3.63, 3.8) is 0 Å². The summed E-state index contributed by atoms with van der Waals surface area (Å²) in [6.07, 6.45) is 2.28. The lowest BCUT2D eigenvalue weighted by Gasteiger charge is -2.13. The molecule has 1 atom stereocenters.